The molecule has 0 amide bonds. The Bertz CT molecular complexity index is 98.2. The van der Waals surface area contributed by atoms with Gasteiger partial charge in [-0.25, -0.2) is 0 Å². The van der Waals surface area contributed by atoms with Crippen molar-refractivity contribution in [3.05, 3.63) is 0 Å². The van der Waals surface area contributed by atoms with Gasteiger partial charge in [0, 0.05) is 6.42 Å². The molecule has 3 N–H and O–H groups in total. The molecular formula is C5H12CaO4. The molecule has 0 aliphatic carbocycles. The van der Waals surface area contributed by atoms with E-state index in [1.165, 1.54) is 6.92 Å². The standard InChI is InChI=1S/C5H8O3.Ca.H2O.2H/c1-4(6)2-3-5(7)8;;;;/h2-3H2,1H3,(H,7,8);;1H2;;. The van der Waals surface area contributed by atoms with E-state index in [0.717, 1.165) is 0 Å². The number of hydrogen-bond donors (Lipinski definition) is 1. The number of hydrogen-bond acceptors (Lipinski definition) is 2. The van der Waals surface area contributed by atoms with Gasteiger partial charge >= 0.3 is 43.7 Å². The summed E-state index contributed by atoms with van der Waals surface area (Å²) in [7, 11) is 0. The summed E-state index contributed by atoms with van der Waals surface area (Å²) in [4.78, 5) is 19.8. The number of carboxylic acids is 1. The average Bonchev–Trinajstić information content (AvgIpc) is 1.61. The summed E-state index contributed by atoms with van der Waals surface area (Å²) >= 11 is 0. The first-order valence-electron chi connectivity index (χ1n) is 2.34. The number of rotatable bonds is 3. The van der Waals surface area contributed by atoms with Crippen molar-refractivity contribution in [3.8, 4) is 0 Å². The molecule has 0 aliphatic heterocycles. The Labute approximate surface area is 88.9 Å². The summed E-state index contributed by atoms with van der Waals surface area (Å²) in [6.45, 7) is 1.38. The van der Waals surface area contributed by atoms with E-state index in [4.69, 9.17) is 5.11 Å². The second kappa shape index (κ2) is 9.36. The third-order valence-corrected chi connectivity index (χ3v) is 0.691. The van der Waals surface area contributed by atoms with E-state index in [1.54, 1.807) is 0 Å². The summed E-state index contributed by atoms with van der Waals surface area (Å²) in [5.41, 5.74) is 0. The first-order chi connectivity index (χ1) is 3.63. The van der Waals surface area contributed by atoms with Crippen LogP contribution in [0.4, 0.5) is 0 Å². The fraction of sp³-hybridized carbons (Fsp3) is 0.600. The van der Waals surface area contributed by atoms with Crippen LogP contribution in [0.1, 0.15) is 19.8 Å². The predicted octanol–water partition coefficient (Wildman–Crippen LogP) is -1.30. The van der Waals surface area contributed by atoms with Crippen LogP contribution in [0.25, 0.3) is 0 Å². The summed E-state index contributed by atoms with van der Waals surface area (Å²) < 4.78 is 0. The van der Waals surface area contributed by atoms with Gasteiger partial charge in [-0.05, 0) is 6.92 Å². The van der Waals surface area contributed by atoms with Crippen LogP contribution in [0.3, 0.4) is 0 Å². The van der Waals surface area contributed by atoms with Crippen LogP contribution in [-0.4, -0.2) is 60.1 Å². The van der Waals surface area contributed by atoms with Crippen LogP contribution in [0.15, 0.2) is 0 Å². The third kappa shape index (κ3) is 15.8. The first kappa shape index (κ1) is 16.8. The molecule has 0 saturated carbocycles. The van der Waals surface area contributed by atoms with E-state index < -0.39 is 5.97 Å². The summed E-state index contributed by atoms with van der Waals surface area (Å²) in [5, 5.41) is 8.01. The van der Waals surface area contributed by atoms with Gasteiger partial charge in [0.05, 0.1) is 6.42 Å². The van der Waals surface area contributed by atoms with Crippen LogP contribution in [0.2, 0.25) is 0 Å². The van der Waals surface area contributed by atoms with Crippen molar-refractivity contribution in [3.63, 3.8) is 0 Å². The van der Waals surface area contributed by atoms with Crippen molar-refractivity contribution in [1.82, 2.24) is 0 Å². The van der Waals surface area contributed by atoms with Crippen molar-refractivity contribution >= 4 is 49.5 Å². The SMILES string of the molecule is CC(=O)CCC(=O)O.O.[CaH2]. The van der Waals surface area contributed by atoms with E-state index in [2.05, 4.69) is 0 Å². The minimum atomic E-state index is -0.916. The molecule has 0 spiro atoms. The fourth-order valence-corrected chi connectivity index (χ4v) is 0.283. The van der Waals surface area contributed by atoms with Crippen LogP contribution in [0, 0.1) is 0 Å². The Morgan fingerprint density at radius 2 is 1.70 bits per heavy atom. The van der Waals surface area contributed by atoms with Crippen LogP contribution in [-0.2, 0) is 9.59 Å². The van der Waals surface area contributed by atoms with Crippen LogP contribution >= 0.6 is 0 Å². The molecule has 5 heteroatoms. The Hall–Kier alpha value is 0.360. The molecule has 10 heavy (non-hydrogen) atoms. The number of carboxylic acid groups (broad SMARTS) is 1. The summed E-state index contributed by atoms with van der Waals surface area (Å²) in [5.74, 6) is -0.993. The van der Waals surface area contributed by atoms with Crippen molar-refractivity contribution < 1.29 is 20.2 Å². The van der Waals surface area contributed by atoms with Crippen molar-refractivity contribution in [2.24, 2.45) is 0 Å². The van der Waals surface area contributed by atoms with Crippen molar-refractivity contribution in [2.75, 3.05) is 0 Å². The number of carbonyl (C=O) groups excluding carboxylic acids is 1. The molecule has 0 saturated heterocycles. The topological polar surface area (TPSA) is 85.9 Å². The maximum absolute atomic E-state index is 10.1. The van der Waals surface area contributed by atoms with Gasteiger partial charge in [-0.2, -0.15) is 0 Å². The van der Waals surface area contributed by atoms with Crippen LogP contribution < -0.4 is 0 Å². The maximum atomic E-state index is 10.1. The van der Waals surface area contributed by atoms with E-state index >= 15 is 0 Å². The number of ketones is 1. The van der Waals surface area contributed by atoms with Gasteiger partial charge in [-0.1, -0.05) is 0 Å². The molecule has 0 aromatic carbocycles. The molecule has 4 nitrogen and oxygen atoms in total. The number of aliphatic carboxylic acids is 1. The van der Waals surface area contributed by atoms with Gasteiger partial charge < -0.3 is 15.4 Å². The molecule has 0 heterocycles. The molecule has 0 rings (SSSR count). The zero-order chi connectivity index (χ0) is 6.57. The van der Waals surface area contributed by atoms with E-state index in [1.807, 2.05) is 0 Å². The Kier molecular flexibility index (Phi) is 15.7. The molecule has 0 bridgehead atoms. The summed E-state index contributed by atoms with van der Waals surface area (Å²) in [6.07, 6.45) is 0.102. The number of carbonyl (C=O) groups is 2. The molecule has 0 unspecified atom stereocenters. The number of Topliss-reactive ketones (excluding diaryl/α,β-unsaturated/α-hetero) is 1. The van der Waals surface area contributed by atoms with Gasteiger partial charge in [0.25, 0.3) is 0 Å². The molecule has 0 aliphatic rings. The molecular weight excluding hydrogens is 164 g/mol. The summed E-state index contributed by atoms with van der Waals surface area (Å²) in [6, 6.07) is 0. The average molecular weight is 176 g/mol. The molecule has 0 aromatic rings. The van der Waals surface area contributed by atoms with Gasteiger partial charge in [-0.15, -0.1) is 0 Å². The Balaban J connectivity index is -0.000000245. The second-order valence-corrected chi connectivity index (χ2v) is 1.60. The van der Waals surface area contributed by atoms with Crippen LogP contribution in [0.5, 0.6) is 0 Å². The zero-order valence-corrected chi connectivity index (χ0v) is 5.18. The Morgan fingerprint density at radius 1 is 1.30 bits per heavy atom. The molecule has 0 aromatic heterocycles. The van der Waals surface area contributed by atoms with E-state index in [9.17, 15) is 9.59 Å². The predicted molar refractivity (Wildman–Crippen MR) is 39.7 cm³/mol. The monoisotopic (exact) mass is 176 g/mol. The van der Waals surface area contributed by atoms with E-state index in [-0.39, 0.29) is 61.8 Å². The van der Waals surface area contributed by atoms with Gasteiger partial charge in [0.15, 0.2) is 0 Å². The molecule has 0 fully saturated rings. The van der Waals surface area contributed by atoms with Crippen molar-refractivity contribution in [2.45, 2.75) is 19.8 Å². The van der Waals surface area contributed by atoms with E-state index in [0.29, 0.717) is 0 Å². The van der Waals surface area contributed by atoms with Gasteiger partial charge in [0.2, 0.25) is 0 Å². The van der Waals surface area contributed by atoms with Gasteiger partial charge in [-0.3, -0.25) is 4.79 Å². The molecule has 0 radical (unpaired) electrons. The minimum absolute atomic E-state index is 0. The second-order valence-electron chi connectivity index (χ2n) is 1.60. The molecule has 58 valence electrons. The van der Waals surface area contributed by atoms with Crippen molar-refractivity contribution in [1.29, 1.82) is 0 Å². The third-order valence-electron chi connectivity index (χ3n) is 0.691. The quantitative estimate of drug-likeness (QED) is 0.542. The molecule has 0 atom stereocenters. The van der Waals surface area contributed by atoms with Gasteiger partial charge in [0.1, 0.15) is 5.78 Å². The normalized spacial score (nSPS) is 6.90. The first-order valence-corrected chi connectivity index (χ1v) is 2.34. The zero-order valence-electron chi connectivity index (χ0n) is 5.18. The fourth-order valence-electron chi connectivity index (χ4n) is 0.283. The Morgan fingerprint density at radius 3 is 1.80 bits per heavy atom.